The molecule has 1 atom stereocenters. The number of hydrogen-bond donors (Lipinski definition) is 0. The van der Waals surface area contributed by atoms with Gasteiger partial charge in [-0.15, -0.1) is 0 Å². The van der Waals surface area contributed by atoms with E-state index < -0.39 is 11.7 Å². The number of fused-ring (bicyclic) bond motifs is 1. The molecule has 5 rings (SSSR count). The lowest BCUT2D eigenvalue weighted by Gasteiger charge is -2.32. The number of likely N-dealkylation sites (N-methyl/N-ethyl adjacent to an activating group) is 1. The fourth-order valence-corrected chi connectivity index (χ4v) is 5.61. The molecule has 3 aromatic rings. The van der Waals surface area contributed by atoms with Crippen LogP contribution in [0.4, 0.5) is 13.2 Å². The fourth-order valence-electron chi connectivity index (χ4n) is 5.61. The van der Waals surface area contributed by atoms with E-state index in [1.165, 1.54) is 6.07 Å². The van der Waals surface area contributed by atoms with Gasteiger partial charge in [0.25, 0.3) is 0 Å². The molecule has 2 saturated heterocycles. The number of amides is 1. The molecule has 1 aromatic carbocycles. The van der Waals surface area contributed by atoms with Crippen LogP contribution in [0.2, 0.25) is 0 Å². The molecule has 1 amide bonds. The number of likely N-dealkylation sites (tertiary alicyclic amines) is 1. The van der Waals surface area contributed by atoms with Crippen molar-refractivity contribution in [3.8, 4) is 23.1 Å². The lowest BCUT2D eigenvalue weighted by Crippen LogP contribution is -2.41. The van der Waals surface area contributed by atoms with Gasteiger partial charge in [0.05, 0.1) is 31.0 Å². The van der Waals surface area contributed by atoms with Crippen molar-refractivity contribution < 1.29 is 27.4 Å². The maximum atomic E-state index is 14.2. The number of nitrogens with zero attached hydrogens (tertiary/aromatic N) is 6. The zero-order valence-corrected chi connectivity index (χ0v) is 23.9. The topological polar surface area (TPSA) is 96.5 Å². The summed E-state index contributed by atoms with van der Waals surface area (Å²) in [5, 5.41) is 10.1. The van der Waals surface area contributed by atoms with Crippen LogP contribution in [-0.2, 0) is 22.3 Å². The lowest BCUT2D eigenvalue weighted by molar-refractivity contribution is -0.139. The van der Waals surface area contributed by atoms with Gasteiger partial charge in [-0.3, -0.25) is 9.69 Å². The number of alkyl halides is 3. The van der Waals surface area contributed by atoms with Gasteiger partial charge in [0, 0.05) is 50.3 Å². The third-order valence-corrected chi connectivity index (χ3v) is 8.10. The van der Waals surface area contributed by atoms with E-state index in [0.717, 1.165) is 38.4 Å². The Morgan fingerprint density at radius 3 is 2.62 bits per heavy atom. The molecule has 0 bridgehead atoms. The van der Waals surface area contributed by atoms with Crippen LogP contribution in [0.5, 0.6) is 5.75 Å². The highest BCUT2D eigenvalue weighted by atomic mass is 19.4. The number of piperidine rings is 1. The van der Waals surface area contributed by atoms with Crippen LogP contribution >= 0.6 is 0 Å². The van der Waals surface area contributed by atoms with Crippen molar-refractivity contribution in [1.82, 2.24) is 24.3 Å². The molecule has 4 heterocycles. The molecule has 12 heteroatoms. The Morgan fingerprint density at radius 1 is 1.17 bits per heavy atom. The van der Waals surface area contributed by atoms with Crippen molar-refractivity contribution >= 4 is 16.9 Å². The molecule has 2 fully saturated rings. The Bertz CT molecular complexity index is 1450. The zero-order chi connectivity index (χ0) is 29.9. The number of carbonyl (C=O) groups excluding carboxylic acids is 1. The van der Waals surface area contributed by atoms with Gasteiger partial charge in [-0.2, -0.15) is 18.4 Å². The van der Waals surface area contributed by atoms with E-state index in [1.807, 2.05) is 16.8 Å². The van der Waals surface area contributed by atoms with Crippen molar-refractivity contribution in [2.45, 2.75) is 38.4 Å². The molecule has 2 aliphatic rings. The molecule has 0 aliphatic carbocycles. The zero-order valence-electron chi connectivity index (χ0n) is 23.9. The predicted octanol–water partition coefficient (Wildman–Crippen LogP) is 4.59. The van der Waals surface area contributed by atoms with Crippen LogP contribution in [-0.4, -0.2) is 83.8 Å². The van der Waals surface area contributed by atoms with Gasteiger partial charge in [-0.1, -0.05) is 0 Å². The van der Waals surface area contributed by atoms with Gasteiger partial charge in [-0.05, 0) is 69.0 Å². The number of halogens is 3. The molecule has 9 nitrogen and oxygen atoms in total. The average Bonchev–Trinajstić information content (AvgIpc) is 3.63. The van der Waals surface area contributed by atoms with Crippen molar-refractivity contribution in [2.24, 2.45) is 11.8 Å². The van der Waals surface area contributed by atoms with Crippen molar-refractivity contribution in [3.63, 3.8) is 0 Å². The maximum Gasteiger partial charge on any atom is 0.419 e. The second-order valence-electron chi connectivity index (χ2n) is 11.3. The maximum absolute atomic E-state index is 14.2. The van der Waals surface area contributed by atoms with Gasteiger partial charge in [0.1, 0.15) is 17.5 Å². The monoisotopic (exact) mass is 584 g/mol. The SMILES string of the molecule is CN(C)C(=O)CN1CCC(CCOc2ccc(-c3nc(C#N)nc4c3ccn4CC3CCOC3)cc2C(F)(F)F)CC1. The summed E-state index contributed by atoms with van der Waals surface area (Å²) < 4.78 is 55.7. The van der Waals surface area contributed by atoms with Gasteiger partial charge in [0.2, 0.25) is 11.7 Å². The number of hydrogen-bond acceptors (Lipinski definition) is 7. The van der Waals surface area contributed by atoms with E-state index >= 15 is 0 Å². The number of rotatable bonds is 9. The van der Waals surface area contributed by atoms with Gasteiger partial charge < -0.3 is 18.9 Å². The molecule has 1 unspecified atom stereocenters. The molecule has 2 aliphatic heterocycles. The quantitative estimate of drug-likeness (QED) is 0.363. The van der Waals surface area contributed by atoms with Crippen molar-refractivity contribution in [3.05, 3.63) is 41.9 Å². The first-order valence-electron chi connectivity index (χ1n) is 14.2. The van der Waals surface area contributed by atoms with Crippen molar-refractivity contribution in [2.75, 3.05) is 53.6 Å². The highest BCUT2D eigenvalue weighted by Crippen LogP contribution is 2.40. The largest absolute Gasteiger partial charge is 0.493 e. The molecule has 42 heavy (non-hydrogen) atoms. The standard InChI is InChI=1S/C30H35F3N6O3/c1-37(2)27(40)18-38-10-5-20(6-11-38)9-14-42-25-4-3-22(15-24(25)30(31,32)33)28-23-7-12-39(17-21-8-13-41-19-21)29(23)36-26(16-34)35-28/h3-4,7,12,15,20-21H,5-6,8-11,13-14,17-19H2,1-2H3. The third-order valence-electron chi connectivity index (χ3n) is 8.10. The predicted molar refractivity (Wildman–Crippen MR) is 150 cm³/mol. The first-order chi connectivity index (χ1) is 20.1. The highest BCUT2D eigenvalue weighted by Gasteiger charge is 2.35. The van der Waals surface area contributed by atoms with Gasteiger partial charge >= 0.3 is 6.18 Å². The highest BCUT2D eigenvalue weighted by molar-refractivity contribution is 5.91. The van der Waals surface area contributed by atoms with E-state index in [4.69, 9.17) is 9.47 Å². The molecule has 0 saturated carbocycles. The Morgan fingerprint density at radius 2 is 1.95 bits per heavy atom. The van der Waals surface area contributed by atoms with Crippen LogP contribution in [0.1, 0.15) is 37.1 Å². The van der Waals surface area contributed by atoms with E-state index in [-0.39, 0.29) is 35.3 Å². The number of carbonyl (C=O) groups is 1. The summed E-state index contributed by atoms with van der Waals surface area (Å²) in [6.07, 6.45) is 0.465. The summed E-state index contributed by atoms with van der Waals surface area (Å²) in [5.41, 5.74) is 0.133. The first-order valence-corrected chi connectivity index (χ1v) is 14.2. The molecule has 224 valence electrons. The molecule has 0 radical (unpaired) electrons. The van der Waals surface area contributed by atoms with Gasteiger partial charge in [-0.25, -0.2) is 9.97 Å². The van der Waals surface area contributed by atoms with E-state index in [1.54, 1.807) is 31.1 Å². The summed E-state index contributed by atoms with van der Waals surface area (Å²) in [5.74, 6) is 0.347. The summed E-state index contributed by atoms with van der Waals surface area (Å²) in [7, 11) is 3.47. The van der Waals surface area contributed by atoms with Crippen LogP contribution in [0.15, 0.2) is 30.5 Å². The first kappa shape index (κ1) is 29.8. The normalized spacial score (nSPS) is 18.3. The Kier molecular flexibility index (Phi) is 8.99. The van der Waals surface area contributed by atoms with Crippen molar-refractivity contribution in [1.29, 1.82) is 5.26 Å². The molecule has 0 spiro atoms. The number of ether oxygens (including phenoxy) is 2. The minimum absolute atomic E-state index is 0.0585. The summed E-state index contributed by atoms with van der Waals surface area (Å²) in [6.45, 7) is 4.07. The second-order valence-corrected chi connectivity index (χ2v) is 11.3. The van der Waals surface area contributed by atoms with Crippen LogP contribution < -0.4 is 4.74 Å². The van der Waals surface area contributed by atoms with Crippen LogP contribution in [0.3, 0.4) is 0 Å². The Labute approximate surface area is 242 Å². The smallest absolute Gasteiger partial charge is 0.419 e. The molecular formula is C30H35F3N6O3. The van der Waals surface area contributed by atoms with Gasteiger partial charge in [0.15, 0.2) is 0 Å². The summed E-state index contributed by atoms with van der Waals surface area (Å²) in [6, 6.07) is 7.65. The van der Waals surface area contributed by atoms with Crippen LogP contribution in [0, 0.1) is 23.2 Å². The number of aromatic nitrogens is 3. The summed E-state index contributed by atoms with van der Waals surface area (Å²) in [4.78, 5) is 24.3. The molecule has 0 N–H and O–H groups in total. The molecular weight excluding hydrogens is 549 g/mol. The minimum atomic E-state index is -4.64. The summed E-state index contributed by atoms with van der Waals surface area (Å²) >= 11 is 0. The Hall–Kier alpha value is -3.69. The Balaban J connectivity index is 1.30. The van der Waals surface area contributed by atoms with E-state index in [2.05, 4.69) is 14.9 Å². The van der Waals surface area contributed by atoms with Crippen LogP contribution in [0.25, 0.3) is 22.3 Å². The lowest BCUT2D eigenvalue weighted by atomic mass is 9.94. The molecule has 2 aromatic heterocycles. The van der Waals surface area contributed by atoms with E-state index in [9.17, 15) is 23.2 Å². The second kappa shape index (κ2) is 12.7. The fraction of sp³-hybridized carbons (Fsp3) is 0.533. The third kappa shape index (κ3) is 6.85. The number of nitriles is 1. The minimum Gasteiger partial charge on any atom is -0.493 e. The van der Waals surface area contributed by atoms with E-state index in [0.29, 0.717) is 55.6 Å². The average molecular weight is 585 g/mol. The number of benzene rings is 1.